The molecule has 186 valence electrons. The van der Waals surface area contributed by atoms with Crippen molar-refractivity contribution in [2.45, 2.75) is 18.8 Å². The Kier molecular flexibility index (Phi) is 7.36. The molecule has 3 heterocycles. The van der Waals surface area contributed by atoms with Gasteiger partial charge in [-0.1, -0.05) is 40.5 Å². The summed E-state index contributed by atoms with van der Waals surface area (Å²) in [4.78, 5) is 14.6. The molecule has 5 rings (SSSR count). The molecule has 7 nitrogen and oxygen atoms in total. The van der Waals surface area contributed by atoms with Crippen molar-refractivity contribution >= 4 is 34.2 Å². The summed E-state index contributed by atoms with van der Waals surface area (Å²) in [5.74, 6) is 0.308. The average Bonchev–Trinajstić information content (AvgIpc) is 3.30. The van der Waals surface area contributed by atoms with Crippen LogP contribution in [0.1, 0.15) is 24.5 Å². The molecule has 0 atom stereocenters. The van der Waals surface area contributed by atoms with Gasteiger partial charge in [0.1, 0.15) is 12.4 Å². The van der Waals surface area contributed by atoms with Crippen LogP contribution in [0.2, 0.25) is 10.0 Å². The normalized spacial score (nSPS) is 15.2. The number of hydrogen-bond donors (Lipinski definition) is 0. The second-order valence-corrected chi connectivity index (χ2v) is 9.40. The van der Waals surface area contributed by atoms with Gasteiger partial charge in [0.05, 0.1) is 21.4 Å². The molecule has 0 spiro atoms. The van der Waals surface area contributed by atoms with Gasteiger partial charge in [-0.3, -0.25) is 9.69 Å². The first-order valence-corrected chi connectivity index (χ1v) is 12.3. The lowest BCUT2D eigenvalue weighted by Crippen LogP contribution is -2.33. The first kappa shape index (κ1) is 24.5. The molecule has 0 bridgehead atoms. The maximum atomic E-state index is 13.4. The van der Waals surface area contributed by atoms with Gasteiger partial charge in [-0.2, -0.15) is 4.68 Å². The molecule has 2 aromatic heterocycles. The third-order valence-electron chi connectivity index (χ3n) is 6.22. The smallest absolute Gasteiger partial charge is 0.271 e. The van der Waals surface area contributed by atoms with Crippen LogP contribution in [0.4, 0.5) is 4.39 Å². The number of aromatic nitrogens is 3. The number of benzene rings is 2. The first-order chi connectivity index (χ1) is 17.5. The number of nitrogens with zero attached hydrogens (tertiary/aromatic N) is 4. The van der Waals surface area contributed by atoms with Gasteiger partial charge in [0.2, 0.25) is 5.88 Å². The van der Waals surface area contributed by atoms with Crippen LogP contribution in [-0.2, 0) is 0 Å². The van der Waals surface area contributed by atoms with Crippen molar-refractivity contribution in [2.24, 2.45) is 0 Å². The highest BCUT2D eigenvalue weighted by Gasteiger charge is 2.24. The molecule has 1 aliphatic rings. The van der Waals surface area contributed by atoms with Crippen molar-refractivity contribution in [1.82, 2.24) is 19.8 Å². The second-order valence-electron chi connectivity index (χ2n) is 8.59. The van der Waals surface area contributed by atoms with E-state index in [0.717, 1.165) is 43.6 Å². The summed E-state index contributed by atoms with van der Waals surface area (Å²) in [6.07, 6.45) is 5.92. The molecule has 0 aliphatic carbocycles. The van der Waals surface area contributed by atoms with E-state index in [1.165, 1.54) is 28.9 Å². The van der Waals surface area contributed by atoms with E-state index in [-0.39, 0.29) is 11.4 Å². The number of hydrogen-bond acceptors (Lipinski definition) is 6. The summed E-state index contributed by atoms with van der Waals surface area (Å²) in [7, 11) is 0. The lowest BCUT2D eigenvalue weighted by atomic mass is 9.91. The van der Waals surface area contributed by atoms with Crippen molar-refractivity contribution in [1.29, 1.82) is 0 Å². The summed E-state index contributed by atoms with van der Waals surface area (Å²) in [6, 6.07) is 12.4. The van der Waals surface area contributed by atoms with Crippen molar-refractivity contribution in [3.05, 3.63) is 92.6 Å². The van der Waals surface area contributed by atoms with Gasteiger partial charge < -0.3 is 9.26 Å². The molecule has 0 N–H and O–H groups in total. The van der Waals surface area contributed by atoms with Crippen LogP contribution in [0.3, 0.4) is 0 Å². The molecule has 0 saturated carbocycles. The maximum Gasteiger partial charge on any atom is 0.271 e. The highest BCUT2D eigenvalue weighted by Crippen LogP contribution is 2.32. The highest BCUT2D eigenvalue weighted by molar-refractivity contribution is 6.42. The number of piperidine rings is 1. The van der Waals surface area contributed by atoms with E-state index in [4.69, 9.17) is 32.5 Å². The monoisotopic (exact) mass is 528 g/mol. The average molecular weight is 529 g/mol. The summed E-state index contributed by atoms with van der Waals surface area (Å²) >= 11 is 12.0. The summed E-state index contributed by atoms with van der Waals surface area (Å²) < 4.78 is 25.6. The Bertz CT molecular complexity index is 1460. The van der Waals surface area contributed by atoms with Gasteiger partial charge in [-0.25, -0.2) is 4.39 Å². The Balaban J connectivity index is 1.11. The van der Waals surface area contributed by atoms with Crippen LogP contribution in [0.25, 0.3) is 16.7 Å². The summed E-state index contributed by atoms with van der Waals surface area (Å²) in [5, 5.41) is 10.1. The van der Waals surface area contributed by atoms with Gasteiger partial charge in [0.15, 0.2) is 5.58 Å². The number of fused-ring (bicyclic) bond motifs is 1. The third-order valence-corrected chi connectivity index (χ3v) is 6.96. The van der Waals surface area contributed by atoms with E-state index in [0.29, 0.717) is 39.7 Å². The van der Waals surface area contributed by atoms with Gasteiger partial charge in [0.25, 0.3) is 5.56 Å². The number of likely N-dealkylation sites (tertiary alicyclic amines) is 1. The SMILES string of the molecule is O=c1ccc(OC/C=C/CN2CCC(c3noc4cc(F)ccc34)CC2)nn1-c1ccc(Cl)c(Cl)c1. The standard InChI is InChI=1S/C26H23Cl2FN4O3/c27-21-6-4-19(16-22(21)28)33-25(34)8-7-24(30-33)35-14-2-1-11-32-12-9-17(10-13-32)26-20-5-3-18(29)15-23(20)36-31-26/h1-8,15-17H,9-14H2/b2-1+. The molecule has 0 amide bonds. The Morgan fingerprint density at radius 3 is 2.69 bits per heavy atom. The largest absolute Gasteiger partial charge is 0.472 e. The fraction of sp³-hybridized carbons (Fsp3) is 0.269. The van der Waals surface area contributed by atoms with Crippen LogP contribution < -0.4 is 10.3 Å². The zero-order valence-electron chi connectivity index (χ0n) is 19.2. The fourth-order valence-corrected chi connectivity index (χ4v) is 4.60. The van der Waals surface area contributed by atoms with E-state index in [1.54, 1.807) is 24.3 Å². The molecule has 4 aromatic rings. The Labute approximate surface area is 216 Å². The van der Waals surface area contributed by atoms with Gasteiger partial charge in [-0.05, 0) is 56.3 Å². The molecule has 10 heteroatoms. The minimum atomic E-state index is -0.320. The van der Waals surface area contributed by atoms with E-state index < -0.39 is 0 Å². The van der Waals surface area contributed by atoms with Gasteiger partial charge in [0, 0.05) is 36.0 Å². The Hall–Kier alpha value is -3.20. The topological polar surface area (TPSA) is 73.4 Å². The summed E-state index contributed by atoms with van der Waals surface area (Å²) in [5.41, 5.74) is 1.62. The molecule has 2 aromatic carbocycles. The van der Waals surface area contributed by atoms with Crippen LogP contribution >= 0.6 is 23.2 Å². The lowest BCUT2D eigenvalue weighted by Gasteiger charge is -2.30. The minimum Gasteiger partial charge on any atom is -0.472 e. The quantitative estimate of drug-likeness (QED) is 0.289. The third kappa shape index (κ3) is 5.46. The minimum absolute atomic E-state index is 0.300. The Morgan fingerprint density at radius 1 is 1.06 bits per heavy atom. The molecule has 0 radical (unpaired) electrons. The van der Waals surface area contributed by atoms with Gasteiger partial charge >= 0.3 is 0 Å². The van der Waals surface area contributed by atoms with Crippen molar-refractivity contribution in [3.63, 3.8) is 0 Å². The zero-order chi connectivity index (χ0) is 25.1. The van der Waals surface area contributed by atoms with Crippen LogP contribution in [0.15, 0.2) is 70.0 Å². The molecule has 0 unspecified atom stereocenters. The first-order valence-electron chi connectivity index (χ1n) is 11.6. The van der Waals surface area contributed by atoms with Crippen molar-refractivity contribution in [3.8, 4) is 11.6 Å². The molecule has 36 heavy (non-hydrogen) atoms. The summed E-state index contributed by atoms with van der Waals surface area (Å²) in [6.45, 7) is 2.99. The van der Waals surface area contributed by atoms with Crippen LogP contribution in [0, 0.1) is 5.82 Å². The molecular formula is C26H23Cl2FN4O3. The number of ether oxygens (including phenoxy) is 1. The highest BCUT2D eigenvalue weighted by atomic mass is 35.5. The number of halogens is 3. The predicted molar refractivity (Wildman–Crippen MR) is 137 cm³/mol. The Morgan fingerprint density at radius 2 is 1.89 bits per heavy atom. The number of rotatable bonds is 7. The van der Waals surface area contributed by atoms with Crippen molar-refractivity contribution in [2.75, 3.05) is 26.2 Å². The lowest BCUT2D eigenvalue weighted by molar-refractivity contribution is 0.228. The second kappa shape index (κ2) is 10.8. The molecule has 1 aliphatic heterocycles. The fourth-order valence-electron chi connectivity index (χ4n) is 4.31. The predicted octanol–water partition coefficient (Wildman–Crippen LogP) is 5.63. The molecule has 1 saturated heterocycles. The molecular weight excluding hydrogens is 506 g/mol. The van der Waals surface area contributed by atoms with E-state index in [9.17, 15) is 9.18 Å². The van der Waals surface area contributed by atoms with E-state index in [1.807, 2.05) is 6.08 Å². The molecule has 1 fully saturated rings. The van der Waals surface area contributed by atoms with E-state index >= 15 is 0 Å². The van der Waals surface area contributed by atoms with Crippen LogP contribution in [-0.4, -0.2) is 46.1 Å². The maximum absolute atomic E-state index is 13.4. The van der Waals surface area contributed by atoms with Crippen LogP contribution in [0.5, 0.6) is 5.88 Å². The van der Waals surface area contributed by atoms with Gasteiger partial charge in [-0.15, -0.1) is 5.10 Å². The van der Waals surface area contributed by atoms with Crippen molar-refractivity contribution < 1.29 is 13.7 Å². The zero-order valence-corrected chi connectivity index (χ0v) is 20.8. The van der Waals surface area contributed by atoms with E-state index in [2.05, 4.69) is 21.2 Å².